The van der Waals surface area contributed by atoms with E-state index in [2.05, 4.69) is 5.32 Å². The summed E-state index contributed by atoms with van der Waals surface area (Å²) < 4.78 is 32.1. The van der Waals surface area contributed by atoms with Crippen LogP contribution in [0.2, 0.25) is 0 Å². The molecule has 25 heavy (non-hydrogen) atoms. The summed E-state index contributed by atoms with van der Waals surface area (Å²) in [6, 6.07) is 4.84. The molecule has 1 aromatic heterocycles. The van der Waals surface area contributed by atoms with Gasteiger partial charge in [-0.3, -0.25) is 4.79 Å². The minimum absolute atomic E-state index is 0.172. The van der Waals surface area contributed by atoms with Gasteiger partial charge in [0.1, 0.15) is 0 Å². The van der Waals surface area contributed by atoms with Crippen LogP contribution in [0.5, 0.6) is 0 Å². The molecule has 0 saturated heterocycles. The Balaban J connectivity index is 2.45. The number of rotatable bonds is 6. The van der Waals surface area contributed by atoms with E-state index in [0.717, 1.165) is 16.7 Å². The Bertz CT molecular complexity index is 880. The first kappa shape index (κ1) is 19.2. The van der Waals surface area contributed by atoms with Gasteiger partial charge in [0.05, 0.1) is 11.2 Å². The van der Waals surface area contributed by atoms with E-state index in [1.54, 1.807) is 32.9 Å². The van der Waals surface area contributed by atoms with Crippen molar-refractivity contribution in [2.24, 2.45) is 0 Å². The van der Waals surface area contributed by atoms with Crippen LogP contribution >= 0.6 is 0 Å². The summed E-state index contributed by atoms with van der Waals surface area (Å²) >= 11 is 0. The molecule has 0 atom stereocenters. The van der Waals surface area contributed by atoms with Crippen molar-refractivity contribution in [2.75, 3.05) is 18.4 Å². The van der Waals surface area contributed by atoms with Gasteiger partial charge in [-0.2, -0.15) is 4.31 Å². The van der Waals surface area contributed by atoms with Gasteiger partial charge in [-0.1, -0.05) is 13.8 Å². The molecule has 1 amide bonds. The second kappa shape index (κ2) is 7.41. The fourth-order valence-electron chi connectivity index (χ4n) is 2.60. The first-order valence-electron chi connectivity index (χ1n) is 8.19. The van der Waals surface area contributed by atoms with Crippen LogP contribution in [0.15, 0.2) is 33.8 Å². The number of anilines is 1. The molecule has 6 nitrogen and oxygen atoms in total. The maximum Gasteiger partial charge on any atom is 0.291 e. The van der Waals surface area contributed by atoms with Crippen LogP contribution in [0, 0.1) is 20.8 Å². The number of hydrogen-bond acceptors (Lipinski definition) is 4. The maximum absolute atomic E-state index is 12.8. The Kier molecular flexibility index (Phi) is 5.69. The quantitative estimate of drug-likeness (QED) is 0.851. The van der Waals surface area contributed by atoms with Crippen LogP contribution in [0.4, 0.5) is 5.69 Å². The third-order valence-corrected chi connectivity index (χ3v) is 6.33. The molecule has 0 unspecified atom stereocenters. The van der Waals surface area contributed by atoms with Gasteiger partial charge in [0.25, 0.3) is 5.91 Å². The van der Waals surface area contributed by atoms with Gasteiger partial charge < -0.3 is 9.73 Å². The van der Waals surface area contributed by atoms with Crippen molar-refractivity contribution >= 4 is 21.6 Å². The molecule has 0 bridgehead atoms. The number of furan rings is 1. The van der Waals surface area contributed by atoms with Crippen molar-refractivity contribution in [2.45, 2.75) is 39.5 Å². The van der Waals surface area contributed by atoms with Crippen LogP contribution in [-0.2, 0) is 10.0 Å². The average Bonchev–Trinajstić information content (AvgIpc) is 2.98. The number of hydrogen-bond donors (Lipinski definition) is 1. The van der Waals surface area contributed by atoms with Gasteiger partial charge in [-0.25, -0.2) is 8.42 Å². The molecule has 1 aromatic carbocycles. The van der Waals surface area contributed by atoms with Crippen molar-refractivity contribution in [1.82, 2.24) is 4.31 Å². The highest BCUT2D eigenvalue weighted by atomic mass is 32.2. The molecule has 0 spiro atoms. The molecule has 0 aliphatic heterocycles. The molecule has 0 aliphatic rings. The monoisotopic (exact) mass is 364 g/mol. The number of nitrogens with one attached hydrogen (secondary N) is 1. The van der Waals surface area contributed by atoms with Crippen LogP contribution in [0.25, 0.3) is 0 Å². The summed E-state index contributed by atoms with van der Waals surface area (Å²) in [4.78, 5) is 12.6. The van der Waals surface area contributed by atoms with E-state index in [-0.39, 0.29) is 10.7 Å². The summed E-state index contributed by atoms with van der Waals surface area (Å²) in [7, 11) is -3.60. The van der Waals surface area contributed by atoms with Gasteiger partial charge in [-0.15, -0.1) is 0 Å². The van der Waals surface area contributed by atoms with Crippen molar-refractivity contribution in [3.8, 4) is 0 Å². The molecule has 7 heteroatoms. The van der Waals surface area contributed by atoms with Crippen molar-refractivity contribution < 1.29 is 17.6 Å². The van der Waals surface area contributed by atoms with Gasteiger partial charge in [0.2, 0.25) is 10.0 Å². The molecule has 2 aromatic rings. The summed E-state index contributed by atoms with van der Waals surface area (Å²) in [6.45, 7) is 9.81. The molecule has 1 N–H and O–H groups in total. The fraction of sp³-hybridized carbons (Fsp3) is 0.389. The van der Waals surface area contributed by atoms with E-state index in [4.69, 9.17) is 4.42 Å². The molecule has 0 saturated carbocycles. The summed E-state index contributed by atoms with van der Waals surface area (Å²) in [5.41, 5.74) is 2.79. The van der Waals surface area contributed by atoms with Crippen molar-refractivity contribution in [3.05, 3.63) is 46.9 Å². The second-order valence-corrected chi connectivity index (χ2v) is 7.83. The fourth-order valence-corrected chi connectivity index (χ4v) is 4.17. The number of sulfonamides is 1. The van der Waals surface area contributed by atoms with Gasteiger partial charge >= 0.3 is 0 Å². The molecule has 0 radical (unpaired) electrons. The second-order valence-electron chi connectivity index (χ2n) is 5.89. The number of aryl methyl sites for hydroxylation is 2. The number of nitrogens with zero attached hydrogens (tertiary/aromatic N) is 1. The first-order valence-corrected chi connectivity index (χ1v) is 9.63. The van der Waals surface area contributed by atoms with Crippen LogP contribution < -0.4 is 5.32 Å². The smallest absolute Gasteiger partial charge is 0.291 e. The van der Waals surface area contributed by atoms with Crippen LogP contribution in [0.1, 0.15) is 41.1 Å². The van der Waals surface area contributed by atoms with E-state index >= 15 is 0 Å². The highest BCUT2D eigenvalue weighted by Crippen LogP contribution is 2.27. The Morgan fingerprint density at radius 1 is 1.12 bits per heavy atom. The highest BCUT2D eigenvalue weighted by molar-refractivity contribution is 7.89. The summed E-state index contributed by atoms with van der Waals surface area (Å²) in [6.07, 6.45) is 1.45. The van der Waals surface area contributed by atoms with Crippen LogP contribution in [0.3, 0.4) is 0 Å². The summed E-state index contributed by atoms with van der Waals surface area (Å²) in [5.74, 6) is -0.184. The minimum atomic E-state index is -3.60. The van der Waals surface area contributed by atoms with Gasteiger partial charge in [0.15, 0.2) is 5.76 Å². The lowest BCUT2D eigenvalue weighted by Crippen LogP contribution is -2.30. The van der Waals surface area contributed by atoms with E-state index in [1.165, 1.54) is 16.6 Å². The Labute approximate surface area is 148 Å². The predicted molar refractivity (Wildman–Crippen MR) is 97.4 cm³/mol. The lowest BCUT2D eigenvalue weighted by atomic mass is 10.1. The lowest BCUT2D eigenvalue weighted by Gasteiger charge is -2.20. The molecular formula is C18H24N2O4S. The predicted octanol–water partition coefficient (Wildman–Crippen LogP) is 3.49. The van der Waals surface area contributed by atoms with E-state index < -0.39 is 15.9 Å². The van der Waals surface area contributed by atoms with Crippen molar-refractivity contribution in [1.29, 1.82) is 0 Å². The van der Waals surface area contributed by atoms with Crippen LogP contribution in [-0.4, -0.2) is 31.7 Å². The topological polar surface area (TPSA) is 79.6 Å². The number of carbonyl (C=O) groups is 1. The normalized spacial score (nSPS) is 11.8. The minimum Gasteiger partial charge on any atom is -0.459 e. The van der Waals surface area contributed by atoms with Gasteiger partial charge in [-0.05, 0) is 50.1 Å². The zero-order valence-corrected chi connectivity index (χ0v) is 16.0. The maximum atomic E-state index is 12.8. The van der Waals surface area contributed by atoms with Crippen molar-refractivity contribution in [3.63, 3.8) is 0 Å². The molecular weight excluding hydrogens is 340 g/mol. The average molecular weight is 364 g/mol. The van der Waals surface area contributed by atoms with E-state index in [1.807, 2.05) is 13.8 Å². The number of benzene rings is 1. The standard InChI is InChI=1S/C18H24N2O4S/c1-6-20(7-2)25(22,23)15-10-13(4)14(5)16(11-15)19-18(21)17-12(3)8-9-24-17/h8-11H,6-7H2,1-5H3,(H,19,21). The first-order chi connectivity index (χ1) is 11.7. The largest absolute Gasteiger partial charge is 0.459 e. The summed E-state index contributed by atoms with van der Waals surface area (Å²) in [5, 5.41) is 2.77. The van der Waals surface area contributed by atoms with Gasteiger partial charge in [0, 0.05) is 24.3 Å². The zero-order valence-electron chi connectivity index (χ0n) is 15.2. The SMILES string of the molecule is CCN(CC)S(=O)(=O)c1cc(C)c(C)c(NC(=O)c2occc2C)c1. The Morgan fingerprint density at radius 3 is 2.28 bits per heavy atom. The zero-order chi connectivity index (χ0) is 18.8. The molecule has 136 valence electrons. The third-order valence-electron chi connectivity index (χ3n) is 4.30. The van der Waals surface area contributed by atoms with E-state index in [9.17, 15) is 13.2 Å². The number of carbonyl (C=O) groups excluding carboxylic acids is 1. The lowest BCUT2D eigenvalue weighted by molar-refractivity contribution is 0.0995. The Morgan fingerprint density at radius 2 is 1.76 bits per heavy atom. The number of amides is 1. The molecule has 2 rings (SSSR count). The highest BCUT2D eigenvalue weighted by Gasteiger charge is 2.24. The Hall–Kier alpha value is -2.12. The van der Waals surface area contributed by atoms with E-state index in [0.29, 0.717) is 18.8 Å². The third kappa shape index (κ3) is 3.77. The molecule has 0 fully saturated rings. The molecule has 1 heterocycles. The molecule has 0 aliphatic carbocycles.